The summed E-state index contributed by atoms with van der Waals surface area (Å²) in [4.78, 5) is 16.6. The third-order valence-corrected chi connectivity index (χ3v) is 3.73. The molecule has 1 N–H and O–H groups in total. The highest BCUT2D eigenvalue weighted by molar-refractivity contribution is 5.94. The van der Waals surface area contributed by atoms with Crippen LogP contribution < -0.4 is 10.1 Å². The van der Waals surface area contributed by atoms with Crippen molar-refractivity contribution in [3.63, 3.8) is 0 Å². The average Bonchev–Trinajstić information content (AvgIpc) is 2.62. The van der Waals surface area contributed by atoms with Crippen LogP contribution in [0, 0.1) is 0 Å². The number of nitrogens with zero attached hydrogens (tertiary/aromatic N) is 1. The number of carbonyl (C=O) groups is 1. The first-order valence-corrected chi connectivity index (χ1v) is 7.53. The third kappa shape index (κ3) is 3.48. The molecule has 1 aromatic heterocycles. The molecule has 2 aromatic carbocycles. The van der Waals surface area contributed by atoms with E-state index in [0.717, 1.165) is 22.9 Å². The molecule has 23 heavy (non-hydrogen) atoms. The zero-order valence-electron chi connectivity index (χ0n) is 13.0. The fourth-order valence-electron chi connectivity index (χ4n) is 2.55. The van der Waals surface area contributed by atoms with Crippen LogP contribution in [-0.4, -0.2) is 24.5 Å². The van der Waals surface area contributed by atoms with Crippen molar-refractivity contribution in [1.82, 2.24) is 10.3 Å². The molecule has 0 aliphatic carbocycles. The van der Waals surface area contributed by atoms with E-state index >= 15 is 0 Å². The molecular formula is C19H18N2O2. The van der Waals surface area contributed by atoms with Gasteiger partial charge in [0.1, 0.15) is 5.75 Å². The SMILES string of the molecule is COc1cccc(C(=O)NCCc2cccc3cccnc23)c1. The summed E-state index contributed by atoms with van der Waals surface area (Å²) in [5.74, 6) is 0.577. The van der Waals surface area contributed by atoms with E-state index in [1.807, 2.05) is 42.5 Å². The van der Waals surface area contributed by atoms with Crippen LogP contribution in [0.5, 0.6) is 5.75 Å². The Bertz CT molecular complexity index is 825. The fourth-order valence-corrected chi connectivity index (χ4v) is 2.55. The summed E-state index contributed by atoms with van der Waals surface area (Å²) in [6, 6.07) is 17.2. The summed E-state index contributed by atoms with van der Waals surface area (Å²) in [6.45, 7) is 0.561. The van der Waals surface area contributed by atoms with Crippen LogP contribution in [0.2, 0.25) is 0 Å². The largest absolute Gasteiger partial charge is 0.497 e. The molecule has 4 heteroatoms. The highest BCUT2D eigenvalue weighted by atomic mass is 16.5. The molecule has 0 aliphatic rings. The third-order valence-electron chi connectivity index (χ3n) is 3.73. The molecule has 1 amide bonds. The Hall–Kier alpha value is -2.88. The highest BCUT2D eigenvalue weighted by Crippen LogP contribution is 2.16. The minimum Gasteiger partial charge on any atom is -0.497 e. The number of benzene rings is 2. The van der Waals surface area contributed by atoms with Gasteiger partial charge < -0.3 is 10.1 Å². The van der Waals surface area contributed by atoms with Crippen molar-refractivity contribution in [3.05, 3.63) is 71.9 Å². The van der Waals surface area contributed by atoms with Gasteiger partial charge >= 0.3 is 0 Å². The number of carbonyl (C=O) groups excluding carboxylic acids is 1. The molecule has 0 unspecified atom stereocenters. The lowest BCUT2D eigenvalue weighted by molar-refractivity contribution is 0.0954. The number of ether oxygens (including phenoxy) is 1. The number of pyridine rings is 1. The number of hydrogen-bond donors (Lipinski definition) is 1. The lowest BCUT2D eigenvalue weighted by Crippen LogP contribution is -2.25. The molecular weight excluding hydrogens is 288 g/mol. The molecule has 0 saturated carbocycles. The summed E-state index contributed by atoms with van der Waals surface area (Å²) in [6.07, 6.45) is 2.53. The number of hydrogen-bond acceptors (Lipinski definition) is 3. The molecule has 3 aromatic rings. The smallest absolute Gasteiger partial charge is 0.251 e. The van der Waals surface area contributed by atoms with Gasteiger partial charge in [-0.2, -0.15) is 0 Å². The zero-order chi connectivity index (χ0) is 16.1. The molecule has 0 saturated heterocycles. The van der Waals surface area contributed by atoms with Gasteiger partial charge in [0.25, 0.3) is 5.91 Å². The number of aromatic nitrogens is 1. The molecule has 0 atom stereocenters. The van der Waals surface area contributed by atoms with Gasteiger partial charge in [-0.3, -0.25) is 9.78 Å². The van der Waals surface area contributed by atoms with Gasteiger partial charge in [-0.25, -0.2) is 0 Å². The van der Waals surface area contributed by atoms with Crippen molar-refractivity contribution in [1.29, 1.82) is 0 Å². The van der Waals surface area contributed by atoms with Gasteiger partial charge in [0.15, 0.2) is 0 Å². The quantitative estimate of drug-likeness (QED) is 0.787. The van der Waals surface area contributed by atoms with Crippen molar-refractivity contribution >= 4 is 16.8 Å². The van der Waals surface area contributed by atoms with Crippen molar-refractivity contribution in [2.45, 2.75) is 6.42 Å². The maximum Gasteiger partial charge on any atom is 0.251 e. The Labute approximate surface area is 135 Å². The van der Waals surface area contributed by atoms with Gasteiger partial charge in [-0.1, -0.05) is 30.3 Å². The Morgan fingerprint density at radius 3 is 2.83 bits per heavy atom. The zero-order valence-corrected chi connectivity index (χ0v) is 13.0. The van der Waals surface area contributed by atoms with E-state index in [1.54, 1.807) is 25.4 Å². The van der Waals surface area contributed by atoms with Crippen LogP contribution in [0.15, 0.2) is 60.8 Å². The van der Waals surface area contributed by atoms with E-state index in [4.69, 9.17) is 4.74 Å². The summed E-state index contributed by atoms with van der Waals surface area (Å²) in [5.41, 5.74) is 2.72. The van der Waals surface area contributed by atoms with Crippen LogP contribution in [0.3, 0.4) is 0 Å². The molecule has 116 valence electrons. The van der Waals surface area contributed by atoms with E-state index in [0.29, 0.717) is 17.9 Å². The Morgan fingerprint density at radius 2 is 1.96 bits per heavy atom. The van der Waals surface area contributed by atoms with E-state index in [-0.39, 0.29) is 5.91 Å². The lowest BCUT2D eigenvalue weighted by atomic mass is 10.1. The predicted molar refractivity (Wildman–Crippen MR) is 90.8 cm³/mol. The molecule has 4 nitrogen and oxygen atoms in total. The topological polar surface area (TPSA) is 51.2 Å². The second kappa shape index (κ2) is 6.92. The molecule has 3 rings (SSSR count). The second-order valence-corrected chi connectivity index (χ2v) is 5.23. The Balaban J connectivity index is 1.65. The summed E-state index contributed by atoms with van der Waals surface area (Å²) < 4.78 is 5.14. The minimum absolute atomic E-state index is 0.0999. The standard InChI is InChI=1S/C19H18N2O2/c1-23-17-9-3-7-16(13-17)19(22)21-12-10-15-6-2-5-14-8-4-11-20-18(14)15/h2-9,11,13H,10,12H2,1H3,(H,21,22). The van der Waals surface area contributed by atoms with Gasteiger partial charge in [0.05, 0.1) is 12.6 Å². The van der Waals surface area contributed by atoms with Gasteiger partial charge in [-0.05, 0) is 36.2 Å². The van der Waals surface area contributed by atoms with E-state index in [9.17, 15) is 4.79 Å². The fraction of sp³-hybridized carbons (Fsp3) is 0.158. The van der Waals surface area contributed by atoms with Gasteiger partial charge in [0, 0.05) is 23.7 Å². The van der Waals surface area contributed by atoms with Crippen LogP contribution in [0.4, 0.5) is 0 Å². The molecule has 0 bridgehead atoms. The van der Waals surface area contributed by atoms with E-state index in [2.05, 4.69) is 10.3 Å². The lowest BCUT2D eigenvalue weighted by Gasteiger charge is -2.08. The molecule has 0 fully saturated rings. The maximum atomic E-state index is 12.2. The molecule has 1 heterocycles. The first-order chi connectivity index (χ1) is 11.3. The van der Waals surface area contributed by atoms with Crippen molar-refractivity contribution in [2.75, 3.05) is 13.7 Å². The molecule has 0 spiro atoms. The van der Waals surface area contributed by atoms with Gasteiger partial charge in [-0.15, -0.1) is 0 Å². The number of amides is 1. The number of nitrogens with one attached hydrogen (secondary N) is 1. The first kappa shape index (κ1) is 15.0. The van der Waals surface area contributed by atoms with Crippen LogP contribution in [0.1, 0.15) is 15.9 Å². The number of fused-ring (bicyclic) bond motifs is 1. The van der Waals surface area contributed by atoms with Crippen molar-refractivity contribution in [3.8, 4) is 5.75 Å². The van der Waals surface area contributed by atoms with Crippen LogP contribution in [0.25, 0.3) is 10.9 Å². The highest BCUT2D eigenvalue weighted by Gasteiger charge is 2.07. The molecule has 0 aliphatic heterocycles. The number of para-hydroxylation sites is 1. The first-order valence-electron chi connectivity index (χ1n) is 7.53. The summed E-state index contributed by atoms with van der Waals surface area (Å²) in [5, 5.41) is 4.06. The number of methoxy groups -OCH3 is 1. The predicted octanol–water partition coefficient (Wildman–Crippen LogP) is 3.22. The van der Waals surface area contributed by atoms with Crippen LogP contribution in [-0.2, 0) is 6.42 Å². The average molecular weight is 306 g/mol. The Morgan fingerprint density at radius 1 is 1.13 bits per heavy atom. The van der Waals surface area contributed by atoms with Crippen molar-refractivity contribution in [2.24, 2.45) is 0 Å². The van der Waals surface area contributed by atoms with E-state index in [1.165, 1.54) is 0 Å². The normalized spacial score (nSPS) is 10.5. The Kier molecular flexibility index (Phi) is 4.52. The van der Waals surface area contributed by atoms with Gasteiger partial charge in [0.2, 0.25) is 0 Å². The molecule has 0 radical (unpaired) electrons. The maximum absolute atomic E-state index is 12.2. The minimum atomic E-state index is -0.0999. The second-order valence-electron chi connectivity index (χ2n) is 5.23. The van der Waals surface area contributed by atoms with E-state index < -0.39 is 0 Å². The number of rotatable bonds is 5. The summed E-state index contributed by atoms with van der Waals surface area (Å²) >= 11 is 0. The summed E-state index contributed by atoms with van der Waals surface area (Å²) in [7, 11) is 1.59. The van der Waals surface area contributed by atoms with Crippen LogP contribution >= 0.6 is 0 Å². The monoisotopic (exact) mass is 306 g/mol. The van der Waals surface area contributed by atoms with Crippen molar-refractivity contribution < 1.29 is 9.53 Å².